The number of rotatable bonds is 6. The Morgan fingerprint density at radius 3 is 2.64 bits per heavy atom. The van der Waals surface area contributed by atoms with E-state index in [1.807, 2.05) is 26.1 Å². The van der Waals surface area contributed by atoms with Crippen molar-refractivity contribution in [1.29, 1.82) is 0 Å². The maximum atomic E-state index is 5.43. The topological polar surface area (TPSA) is 37.2 Å². The zero-order chi connectivity index (χ0) is 10.4. The molecule has 3 nitrogen and oxygen atoms in total. The summed E-state index contributed by atoms with van der Waals surface area (Å²) in [6.07, 6.45) is 1.17. The molecule has 0 aliphatic heterocycles. The van der Waals surface area contributed by atoms with Crippen molar-refractivity contribution in [3.05, 3.63) is 17.9 Å². The average molecular weight is 196 g/mol. The van der Waals surface area contributed by atoms with E-state index in [2.05, 4.69) is 17.6 Å². The molecule has 0 radical (unpaired) electrons. The van der Waals surface area contributed by atoms with Gasteiger partial charge in [-0.2, -0.15) is 0 Å². The van der Waals surface area contributed by atoms with Gasteiger partial charge in [-0.3, -0.25) is 0 Å². The van der Waals surface area contributed by atoms with Gasteiger partial charge in [0.25, 0.3) is 0 Å². The van der Waals surface area contributed by atoms with Crippen LogP contribution in [0.3, 0.4) is 0 Å². The van der Waals surface area contributed by atoms with E-state index in [9.17, 15) is 0 Å². The summed E-state index contributed by atoms with van der Waals surface area (Å²) in [5, 5.41) is 6.48. The van der Waals surface area contributed by atoms with E-state index in [0.29, 0.717) is 5.92 Å². The van der Waals surface area contributed by atoms with Crippen LogP contribution in [0, 0.1) is 12.8 Å². The van der Waals surface area contributed by atoms with Crippen LogP contribution in [-0.2, 0) is 0 Å². The van der Waals surface area contributed by atoms with Crippen molar-refractivity contribution < 1.29 is 4.42 Å². The normalized spacial score (nSPS) is 12.8. The molecule has 1 atom stereocenters. The van der Waals surface area contributed by atoms with Gasteiger partial charge in [0.15, 0.2) is 5.88 Å². The van der Waals surface area contributed by atoms with Gasteiger partial charge in [-0.15, -0.1) is 0 Å². The van der Waals surface area contributed by atoms with Gasteiger partial charge in [0.05, 0.1) is 0 Å². The van der Waals surface area contributed by atoms with Gasteiger partial charge in [-0.25, -0.2) is 0 Å². The van der Waals surface area contributed by atoms with Crippen molar-refractivity contribution in [1.82, 2.24) is 5.32 Å². The van der Waals surface area contributed by atoms with Gasteiger partial charge in [-0.1, -0.05) is 13.3 Å². The average Bonchev–Trinajstić information content (AvgIpc) is 2.59. The van der Waals surface area contributed by atoms with Gasteiger partial charge < -0.3 is 15.1 Å². The van der Waals surface area contributed by atoms with E-state index in [4.69, 9.17) is 4.42 Å². The lowest BCUT2D eigenvalue weighted by molar-refractivity contribution is 0.490. The van der Waals surface area contributed by atoms with E-state index in [1.54, 1.807) is 0 Å². The quantitative estimate of drug-likeness (QED) is 0.732. The minimum Gasteiger partial charge on any atom is -0.446 e. The fourth-order valence-electron chi connectivity index (χ4n) is 1.42. The van der Waals surface area contributed by atoms with Crippen molar-refractivity contribution in [3.8, 4) is 0 Å². The highest BCUT2D eigenvalue weighted by molar-refractivity contribution is 5.31. The summed E-state index contributed by atoms with van der Waals surface area (Å²) in [6.45, 7) is 6.17. The molecular formula is C11H20N2O. The molecule has 3 heteroatoms. The minimum absolute atomic E-state index is 0.658. The highest BCUT2D eigenvalue weighted by Crippen LogP contribution is 2.13. The lowest BCUT2D eigenvalue weighted by Crippen LogP contribution is -2.24. The number of nitrogens with one attached hydrogen (secondary N) is 2. The van der Waals surface area contributed by atoms with Crippen LogP contribution in [0.1, 0.15) is 19.1 Å². The van der Waals surface area contributed by atoms with Crippen molar-refractivity contribution in [2.45, 2.75) is 20.3 Å². The summed E-state index contributed by atoms with van der Waals surface area (Å²) in [4.78, 5) is 0. The predicted molar refractivity (Wildman–Crippen MR) is 59.6 cm³/mol. The predicted octanol–water partition coefficient (Wildman–Crippen LogP) is 2.25. The highest BCUT2D eigenvalue weighted by atomic mass is 16.4. The molecule has 2 N–H and O–H groups in total. The van der Waals surface area contributed by atoms with Crippen LogP contribution in [0.5, 0.6) is 0 Å². The summed E-state index contributed by atoms with van der Waals surface area (Å²) in [5.41, 5.74) is 0. The zero-order valence-corrected chi connectivity index (χ0v) is 9.26. The second-order valence-electron chi connectivity index (χ2n) is 3.62. The Morgan fingerprint density at radius 2 is 2.14 bits per heavy atom. The molecule has 1 heterocycles. The number of hydrogen-bond acceptors (Lipinski definition) is 3. The second kappa shape index (κ2) is 5.70. The van der Waals surface area contributed by atoms with Gasteiger partial charge in [0.1, 0.15) is 5.76 Å². The Balaban J connectivity index is 2.31. The van der Waals surface area contributed by atoms with Crippen molar-refractivity contribution >= 4 is 5.88 Å². The smallest absolute Gasteiger partial charge is 0.193 e. The van der Waals surface area contributed by atoms with Crippen molar-refractivity contribution in [2.24, 2.45) is 5.92 Å². The standard InChI is InChI=1S/C11H20N2O/c1-4-10(7-12-3)8-13-11-6-5-9(2)14-11/h5-6,10,12-13H,4,7-8H2,1-3H3. The fraction of sp³-hybridized carbons (Fsp3) is 0.636. The van der Waals surface area contributed by atoms with E-state index in [0.717, 1.165) is 24.7 Å². The summed E-state index contributed by atoms with van der Waals surface area (Å²) < 4.78 is 5.43. The molecule has 0 aliphatic rings. The Kier molecular flexibility index (Phi) is 4.53. The first-order chi connectivity index (χ1) is 6.76. The molecule has 0 saturated heterocycles. The summed E-state index contributed by atoms with van der Waals surface area (Å²) >= 11 is 0. The lowest BCUT2D eigenvalue weighted by atomic mass is 10.1. The number of anilines is 1. The first-order valence-corrected chi connectivity index (χ1v) is 5.21. The van der Waals surface area contributed by atoms with Crippen LogP contribution >= 0.6 is 0 Å². The summed E-state index contributed by atoms with van der Waals surface area (Å²) in [6, 6.07) is 3.95. The Bertz CT molecular complexity index is 258. The number of aryl methyl sites for hydroxylation is 1. The fourth-order valence-corrected chi connectivity index (χ4v) is 1.42. The molecule has 0 amide bonds. The molecule has 0 aliphatic carbocycles. The van der Waals surface area contributed by atoms with E-state index in [1.165, 1.54) is 6.42 Å². The molecule has 1 unspecified atom stereocenters. The number of hydrogen-bond donors (Lipinski definition) is 2. The van der Waals surface area contributed by atoms with Crippen LogP contribution in [-0.4, -0.2) is 20.1 Å². The van der Waals surface area contributed by atoms with Crippen molar-refractivity contribution in [2.75, 3.05) is 25.5 Å². The zero-order valence-electron chi connectivity index (χ0n) is 9.26. The van der Waals surface area contributed by atoms with Gasteiger partial charge >= 0.3 is 0 Å². The lowest BCUT2D eigenvalue weighted by Gasteiger charge is -2.14. The largest absolute Gasteiger partial charge is 0.446 e. The molecule has 1 rings (SSSR count). The van der Waals surface area contributed by atoms with E-state index in [-0.39, 0.29) is 0 Å². The third-order valence-electron chi connectivity index (χ3n) is 2.38. The van der Waals surface area contributed by atoms with Crippen molar-refractivity contribution in [3.63, 3.8) is 0 Å². The van der Waals surface area contributed by atoms with E-state index < -0.39 is 0 Å². The molecule has 1 aromatic rings. The van der Waals surface area contributed by atoms with E-state index >= 15 is 0 Å². The first-order valence-electron chi connectivity index (χ1n) is 5.21. The highest BCUT2D eigenvalue weighted by Gasteiger charge is 2.05. The molecular weight excluding hydrogens is 176 g/mol. The monoisotopic (exact) mass is 196 g/mol. The molecule has 1 aromatic heterocycles. The maximum Gasteiger partial charge on any atom is 0.193 e. The molecule has 14 heavy (non-hydrogen) atoms. The minimum atomic E-state index is 0.658. The second-order valence-corrected chi connectivity index (χ2v) is 3.62. The van der Waals surface area contributed by atoms with Crippen LogP contribution in [0.25, 0.3) is 0 Å². The van der Waals surface area contributed by atoms with Crippen LogP contribution in [0.4, 0.5) is 5.88 Å². The Morgan fingerprint density at radius 1 is 1.36 bits per heavy atom. The van der Waals surface area contributed by atoms with Gasteiger partial charge in [0, 0.05) is 12.6 Å². The van der Waals surface area contributed by atoms with Gasteiger partial charge in [-0.05, 0) is 32.5 Å². The summed E-state index contributed by atoms with van der Waals surface area (Å²) in [7, 11) is 1.99. The SMILES string of the molecule is CCC(CNC)CNc1ccc(C)o1. The molecule has 80 valence electrons. The van der Waals surface area contributed by atoms with Gasteiger partial charge in [0.2, 0.25) is 0 Å². The van der Waals surface area contributed by atoms with Crippen LogP contribution in [0.2, 0.25) is 0 Å². The molecule has 0 saturated carbocycles. The first kappa shape index (κ1) is 11.1. The Hall–Kier alpha value is -0.960. The maximum absolute atomic E-state index is 5.43. The molecule has 0 bridgehead atoms. The molecule has 0 fully saturated rings. The third-order valence-corrected chi connectivity index (χ3v) is 2.38. The third kappa shape index (κ3) is 3.42. The molecule has 0 aromatic carbocycles. The number of furan rings is 1. The molecule has 0 spiro atoms. The van der Waals surface area contributed by atoms with Crippen LogP contribution < -0.4 is 10.6 Å². The van der Waals surface area contributed by atoms with Crippen LogP contribution in [0.15, 0.2) is 16.5 Å². The summed E-state index contributed by atoms with van der Waals surface area (Å²) in [5.74, 6) is 2.48. The Labute approximate surface area is 85.9 Å².